The summed E-state index contributed by atoms with van der Waals surface area (Å²) in [5.41, 5.74) is 5.21. The molecule has 0 bridgehead atoms. The van der Waals surface area contributed by atoms with Crippen LogP contribution in [-0.2, 0) is 9.53 Å². The van der Waals surface area contributed by atoms with E-state index in [4.69, 9.17) is 5.73 Å². The molecule has 0 aliphatic heterocycles. The lowest BCUT2D eigenvalue weighted by Gasteiger charge is -1.87. The lowest BCUT2D eigenvalue weighted by atomic mass is 10.4. The summed E-state index contributed by atoms with van der Waals surface area (Å²) in [4.78, 5) is 10.3. The molecule has 0 aliphatic carbocycles. The molecule has 0 rings (SSSR count). The molecule has 0 aliphatic rings. The summed E-state index contributed by atoms with van der Waals surface area (Å²) in [6.07, 6.45) is 0. The van der Waals surface area contributed by atoms with Crippen molar-refractivity contribution in [2.75, 3.05) is 7.11 Å². The quantitative estimate of drug-likeness (QED) is 0.271. The second kappa shape index (κ2) is 3.93. The van der Waals surface area contributed by atoms with Crippen molar-refractivity contribution >= 4 is 5.97 Å². The number of esters is 1. The first-order valence-electron chi connectivity index (χ1n) is 2.52. The first-order chi connectivity index (χ1) is 4.16. The summed E-state index contributed by atoms with van der Waals surface area (Å²) in [5.74, 6) is 4.10. The first kappa shape index (κ1) is 7.99. The largest absolute Gasteiger partial charge is 0.459 e. The SMILES string of the molecule is COC(=O)C#CC(C)N. The zero-order chi connectivity index (χ0) is 7.28. The summed E-state index contributed by atoms with van der Waals surface area (Å²) in [6, 6.07) is -0.274. The van der Waals surface area contributed by atoms with E-state index in [-0.39, 0.29) is 6.04 Å². The van der Waals surface area contributed by atoms with E-state index in [9.17, 15) is 4.79 Å². The highest BCUT2D eigenvalue weighted by Crippen LogP contribution is 1.70. The predicted octanol–water partition coefficient (Wildman–Crippen LogP) is -0.490. The third-order valence-electron chi connectivity index (χ3n) is 0.587. The molecule has 0 aromatic carbocycles. The van der Waals surface area contributed by atoms with Gasteiger partial charge in [0, 0.05) is 5.92 Å². The zero-order valence-electron chi connectivity index (χ0n) is 5.47. The molecule has 3 nitrogen and oxygen atoms in total. The van der Waals surface area contributed by atoms with Gasteiger partial charge in [-0.25, -0.2) is 4.79 Å². The Bertz CT molecular complexity index is 152. The Morgan fingerprint density at radius 1 is 1.78 bits per heavy atom. The fraction of sp³-hybridized carbons (Fsp3) is 0.500. The van der Waals surface area contributed by atoms with Gasteiger partial charge in [-0.15, -0.1) is 0 Å². The molecular weight excluding hydrogens is 118 g/mol. The predicted molar refractivity (Wildman–Crippen MR) is 33.4 cm³/mol. The number of nitrogens with two attached hydrogens (primary N) is 1. The normalized spacial score (nSPS) is 11.0. The van der Waals surface area contributed by atoms with Crippen molar-refractivity contribution in [3.05, 3.63) is 0 Å². The van der Waals surface area contributed by atoms with Crippen LogP contribution in [0.5, 0.6) is 0 Å². The van der Waals surface area contributed by atoms with E-state index in [1.165, 1.54) is 7.11 Å². The second-order valence-corrected chi connectivity index (χ2v) is 1.55. The third kappa shape index (κ3) is 4.85. The lowest BCUT2D eigenvalue weighted by molar-refractivity contribution is -0.133. The third-order valence-corrected chi connectivity index (χ3v) is 0.587. The van der Waals surface area contributed by atoms with Gasteiger partial charge < -0.3 is 10.5 Å². The number of ether oxygens (including phenoxy) is 1. The van der Waals surface area contributed by atoms with Crippen LogP contribution in [0.2, 0.25) is 0 Å². The molecule has 0 aromatic rings. The minimum absolute atomic E-state index is 0.274. The maximum atomic E-state index is 10.3. The Morgan fingerprint density at radius 2 is 2.33 bits per heavy atom. The molecule has 3 heteroatoms. The van der Waals surface area contributed by atoms with E-state index in [0.29, 0.717) is 0 Å². The molecule has 50 valence electrons. The summed E-state index contributed by atoms with van der Waals surface area (Å²) in [7, 11) is 1.28. The number of methoxy groups -OCH3 is 1. The Labute approximate surface area is 54.2 Å². The standard InChI is InChI=1S/C6H9NO2/c1-5(7)3-4-6(8)9-2/h5H,7H2,1-2H3. The van der Waals surface area contributed by atoms with Crippen LogP contribution in [0.25, 0.3) is 0 Å². The molecule has 2 N–H and O–H groups in total. The monoisotopic (exact) mass is 127 g/mol. The molecule has 1 atom stereocenters. The minimum Gasteiger partial charge on any atom is -0.459 e. The highest BCUT2D eigenvalue weighted by atomic mass is 16.5. The summed E-state index contributed by atoms with van der Waals surface area (Å²) >= 11 is 0. The summed E-state index contributed by atoms with van der Waals surface area (Å²) < 4.78 is 4.23. The van der Waals surface area contributed by atoms with Crippen molar-refractivity contribution in [3.8, 4) is 11.8 Å². The van der Waals surface area contributed by atoms with Gasteiger partial charge >= 0.3 is 5.97 Å². The first-order valence-corrected chi connectivity index (χ1v) is 2.52. The maximum Gasteiger partial charge on any atom is 0.384 e. The van der Waals surface area contributed by atoms with Crippen LogP contribution < -0.4 is 5.73 Å². The van der Waals surface area contributed by atoms with Crippen molar-refractivity contribution in [2.45, 2.75) is 13.0 Å². The number of hydrogen-bond acceptors (Lipinski definition) is 3. The van der Waals surface area contributed by atoms with Gasteiger partial charge in [0.2, 0.25) is 0 Å². The van der Waals surface area contributed by atoms with Gasteiger partial charge in [0.1, 0.15) is 0 Å². The molecule has 0 aromatic heterocycles. The average Bonchev–Trinajstić information content (AvgIpc) is 1.83. The Balaban J connectivity index is 3.73. The van der Waals surface area contributed by atoms with Gasteiger partial charge in [-0.3, -0.25) is 0 Å². The van der Waals surface area contributed by atoms with E-state index in [1.807, 2.05) is 0 Å². The fourth-order valence-electron chi connectivity index (χ4n) is 0.224. The van der Waals surface area contributed by atoms with E-state index >= 15 is 0 Å². The molecular formula is C6H9NO2. The molecule has 0 radical (unpaired) electrons. The molecule has 0 spiro atoms. The molecule has 0 saturated heterocycles. The fourth-order valence-corrected chi connectivity index (χ4v) is 0.224. The summed E-state index contributed by atoms with van der Waals surface area (Å²) in [6.45, 7) is 1.69. The van der Waals surface area contributed by atoms with Crippen LogP contribution in [0.3, 0.4) is 0 Å². The van der Waals surface area contributed by atoms with Gasteiger partial charge in [0.15, 0.2) is 0 Å². The molecule has 0 saturated carbocycles. The highest BCUT2D eigenvalue weighted by Gasteiger charge is 1.89. The van der Waals surface area contributed by atoms with Crippen molar-refractivity contribution in [3.63, 3.8) is 0 Å². The van der Waals surface area contributed by atoms with E-state index in [2.05, 4.69) is 16.6 Å². The van der Waals surface area contributed by atoms with Crippen LogP contribution in [0.15, 0.2) is 0 Å². The van der Waals surface area contributed by atoms with Crippen LogP contribution in [0.4, 0.5) is 0 Å². The molecule has 0 heterocycles. The van der Waals surface area contributed by atoms with Gasteiger partial charge in [-0.1, -0.05) is 5.92 Å². The number of carbonyl (C=O) groups is 1. The minimum atomic E-state index is -0.549. The van der Waals surface area contributed by atoms with Gasteiger partial charge in [0.05, 0.1) is 13.2 Å². The van der Waals surface area contributed by atoms with E-state index in [1.54, 1.807) is 6.92 Å². The topological polar surface area (TPSA) is 52.3 Å². The molecule has 0 fully saturated rings. The van der Waals surface area contributed by atoms with Gasteiger partial charge in [-0.2, -0.15) is 0 Å². The molecule has 1 unspecified atom stereocenters. The Morgan fingerprint density at radius 3 is 2.67 bits per heavy atom. The number of rotatable bonds is 0. The van der Waals surface area contributed by atoms with Crippen molar-refractivity contribution < 1.29 is 9.53 Å². The van der Waals surface area contributed by atoms with E-state index in [0.717, 1.165) is 0 Å². The van der Waals surface area contributed by atoms with Crippen molar-refractivity contribution in [2.24, 2.45) is 5.73 Å². The van der Waals surface area contributed by atoms with Crippen molar-refractivity contribution in [1.29, 1.82) is 0 Å². The van der Waals surface area contributed by atoms with Gasteiger partial charge in [0.25, 0.3) is 0 Å². The lowest BCUT2D eigenvalue weighted by Crippen LogP contribution is -2.11. The number of carbonyl (C=O) groups excluding carboxylic acids is 1. The van der Waals surface area contributed by atoms with Crippen LogP contribution in [0.1, 0.15) is 6.92 Å². The average molecular weight is 127 g/mol. The maximum absolute atomic E-state index is 10.3. The smallest absolute Gasteiger partial charge is 0.384 e. The summed E-state index contributed by atoms with van der Waals surface area (Å²) in [5, 5.41) is 0. The second-order valence-electron chi connectivity index (χ2n) is 1.55. The highest BCUT2D eigenvalue weighted by molar-refractivity contribution is 5.88. The molecule has 0 amide bonds. The van der Waals surface area contributed by atoms with Crippen LogP contribution in [0, 0.1) is 11.8 Å². The molecule has 9 heavy (non-hydrogen) atoms. The van der Waals surface area contributed by atoms with Crippen LogP contribution >= 0.6 is 0 Å². The van der Waals surface area contributed by atoms with Crippen LogP contribution in [-0.4, -0.2) is 19.1 Å². The Hall–Kier alpha value is -1.01. The van der Waals surface area contributed by atoms with E-state index < -0.39 is 5.97 Å². The van der Waals surface area contributed by atoms with Gasteiger partial charge in [-0.05, 0) is 6.92 Å². The Kier molecular flexibility index (Phi) is 3.49. The number of hydrogen-bond donors (Lipinski definition) is 1. The zero-order valence-corrected chi connectivity index (χ0v) is 5.47. The van der Waals surface area contributed by atoms with Crippen molar-refractivity contribution in [1.82, 2.24) is 0 Å².